The van der Waals surface area contributed by atoms with Crippen LogP contribution in [0.2, 0.25) is 5.02 Å². The summed E-state index contributed by atoms with van der Waals surface area (Å²) in [6.07, 6.45) is -2.22. The Bertz CT molecular complexity index is 1650. The number of benzene rings is 3. The molecule has 0 saturated heterocycles. The van der Waals surface area contributed by atoms with E-state index in [0.29, 0.717) is 32.7 Å². The monoisotopic (exact) mass is 539 g/mol. The molecular formula is C29H21ClF3NO4. The number of alkyl halides is 3. The van der Waals surface area contributed by atoms with Crippen molar-refractivity contribution in [2.75, 3.05) is 5.32 Å². The number of rotatable bonds is 6. The Labute approximate surface area is 220 Å². The summed E-state index contributed by atoms with van der Waals surface area (Å²) in [5.41, 5.74) is 0.199. The van der Waals surface area contributed by atoms with Gasteiger partial charge in [-0.1, -0.05) is 48.0 Å². The minimum atomic E-state index is -4.68. The largest absolute Gasteiger partial charge is 0.422 e. The number of aryl methyl sites for hydroxylation is 1. The number of ketones is 1. The maximum atomic E-state index is 13.4. The topological polar surface area (TPSA) is 76.4 Å². The van der Waals surface area contributed by atoms with Crippen LogP contribution >= 0.6 is 11.6 Å². The Morgan fingerprint density at radius 1 is 1.05 bits per heavy atom. The van der Waals surface area contributed by atoms with Gasteiger partial charge in [0.1, 0.15) is 5.58 Å². The molecule has 0 radical (unpaired) electrons. The van der Waals surface area contributed by atoms with Crippen molar-refractivity contribution in [1.29, 1.82) is 0 Å². The molecule has 0 saturated carbocycles. The highest BCUT2D eigenvalue weighted by Crippen LogP contribution is 2.36. The molecule has 0 spiro atoms. The van der Waals surface area contributed by atoms with Gasteiger partial charge < -0.3 is 9.73 Å². The number of hydrogen-bond acceptors (Lipinski definition) is 4. The van der Waals surface area contributed by atoms with Crippen molar-refractivity contribution in [2.24, 2.45) is 0 Å². The molecule has 1 amide bonds. The van der Waals surface area contributed by atoms with Crippen LogP contribution < -0.4 is 10.9 Å². The van der Waals surface area contributed by atoms with Crippen molar-refractivity contribution in [2.45, 2.75) is 26.4 Å². The number of hydrogen-bond donors (Lipinski definition) is 1. The zero-order valence-corrected chi connectivity index (χ0v) is 21.0. The number of carbonyl (C=O) groups is 2. The first-order valence-electron chi connectivity index (χ1n) is 11.4. The van der Waals surface area contributed by atoms with Gasteiger partial charge in [0.2, 0.25) is 5.91 Å². The van der Waals surface area contributed by atoms with Crippen LogP contribution in [0.1, 0.15) is 29.2 Å². The van der Waals surface area contributed by atoms with Crippen molar-refractivity contribution < 1.29 is 27.2 Å². The summed E-state index contributed by atoms with van der Waals surface area (Å²) in [5.74, 6) is -0.976. The molecule has 0 atom stereocenters. The van der Waals surface area contributed by atoms with E-state index in [1.807, 2.05) is 0 Å². The third kappa shape index (κ3) is 5.86. The fourth-order valence-corrected chi connectivity index (χ4v) is 4.22. The first-order chi connectivity index (χ1) is 17.9. The third-order valence-electron chi connectivity index (χ3n) is 5.81. The fraction of sp³-hybridized carbons (Fsp3) is 0.138. The lowest BCUT2D eigenvalue weighted by molar-refractivity contribution is -0.137. The van der Waals surface area contributed by atoms with Crippen LogP contribution in [0, 0.1) is 6.92 Å². The van der Waals surface area contributed by atoms with Crippen molar-refractivity contribution in [3.63, 3.8) is 0 Å². The summed E-state index contributed by atoms with van der Waals surface area (Å²) in [6.45, 7) is 3.18. The average molecular weight is 540 g/mol. The number of anilines is 1. The van der Waals surface area contributed by atoms with Crippen molar-refractivity contribution in [3.8, 4) is 11.1 Å². The summed E-state index contributed by atoms with van der Waals surface area (Å²) in [6, 6.07) is 14.7. The lowest BCUT2D eigenvalue weighted by atomic mass is 9.93. The molecule has 0 aliphatic carbocycles. The molecule has 3 aromatic carbocycles. The van der Waals surface area contributed by atoms with Crippen LogP contribution in [-0.4, -0.2) is 11.7 Å². The quantitative estimate of drug-likeness (QED) is 0.207. The SMILES string of the molecule is CC(=O)/C=C/c1cccc(-c2c(CC(=O)Nc3ccccc3C(F)(F)F)c(=O)oc3cc(Cl)c(C)cc23)c1. The molecule has 38 heavy (non-hydrogen) atoms. The number of carbonyl (C=O) groups excluding carboxylic acids is 2. The lowest BCUT2D eigenvalue weighted by Crippen LogP contribution is -2.22. The van der Waals surface area contributed by atoms with Gasteiger partial charge in [-0.15, -0.1) is 0 Å². The van der Waals surface area contributed by atoms with Crippen LogP contribution in [0.4, 0.5) is 18.9 Å². The molecule has 1 aromatic heterocycles. The predicted molar refractivity (Wildman–Crippen MR) is 141 cm³/mol. The maximum absolute atomic E-state index is 13.4. The van der Waals surface area contributed by atoms with Gasteiger partial charge in [0, 0.05) is 22.0 Å². The second-order valence-electron chi connectivity index (χ2n) is 8.68. The summed E-state index contributed by atoms with van der Waals surface area (Å²) in [5, 5.41) is 3.15. The second kappa shape index (κ2) is 10.7. The molecule has 0 bridgehead atoms. The predicted octanol–water partition coefficient (Wildman–Crippen LogP) is 7.22. The van der Waals surface area contributed by atoms with E-state index in [9.17, 15) is 27.6 Å². The molecule has 9 heteroatoms. The van der Waals surface area contributed by atoms with Gasteiger partial charge in [-0.25, -0.2) is 4.79 Å². The van der Waals surface area contributed by atoms with E-state index in [0.717, 1.165) is 12.1 Å². The smallest absolute Gasteiger partial charge is 0.418 e. The van der Waals surface area contributed by atoms with E-state index in [-0.39, 0.29) is 16.9 Å². The zero-order chi connectivity index (χ0) is 27.6. The van der Waals surface area contributed by atoms with Gasteiger partial charge in [-0.3, -0.25) is 9.59 Å². The van der Waals surface area contributed by atoms with E-state index >= 15 is 0 Å². The number of nitrogens with one attached hydrogen (secondary N) is 1. The molecule has 5 nitrogen and oxygen atoms in total. The highest BCUT2D eigenvalue weighted by Gasteiger charge is 2.33. The molecule has 194 valence electrons. The van der Waals surface area contributed by atoms with Gasteiger partial charge in [0.15, 0.2) is 5.78 Å². The number of allylic oxidation sites excluding steroid dienone is 1. The Balaban J connectivity index is 1.85. The van der Waals surface area contributed by atoms with E-state index in [2.05, 4.69) is 5.32 Å². The minimum absolute atomic E-state index is 0.0334. The van der Waals surface area contributed by atoms with Crippen molar-refractivity contribution >= 4 is 46.0 Å². The second-order valence-corrected chi connectivity index (χ2v) is 9.09. The summed E-state index contributed by atoms with van der Waals surface area (Å²) < 4.78 is 45.7. The molecule has 0 aliphatic rings. The molecule has 0 unspecified atom stereocenters. The number of fused-ring (bicyclic) bond motifs is 1. The lowest BCUT2D eigenvalue weighted by Gasteiger charge is -2.15. The van der Waals surface area contributed by atoms with E-state index < -0.39 is 35.4 Å². The molecule has 0 fully saturated rings. The highest BCUT2D eigenvalue weighted by molar-refractivity contribution is 6.32. The molecule has 4 aromatic rings. The van der Waals surface area contributed by atoms with Crippen LogP contribution in [-0.2, 0) is 22.2 Å². The molecule has 0 aliphatic heterocycles. The minimum Gasteiger partial charge on any atom is -0.422 e. The number of amides is 1. The van der Waals surface area contributed by atoms with E-state index in [1.165, 1.54) is 31.2 Å². The normalized spacial score (nSPS) is 11.7. The zero-order valence-electron chi connectivity index (χ0n) is 20.3. The standard InChI is InChI=1S/C29H21ClF3NO4/c1-16-12-20-25(15-23(16)30)38-28(37)21(27(20)19-7-5-6-18(13-19)11-10-17(2)35)14-26(36)34-24-9-4-3-8-22(24)29(31,32)33/h3-13,15H,14H2,1-2H3,(H,34,36)/b11-10+. The van der Waals surface area contributed by atoms with Crippen LogP contribution in [0.5, 0.6) is 0 Å². The molecule has 1 heterocycles. The van der Waals surface area contributed by atoms with Crippen molar-refractivity contribution in [1.82, 2.24) is 0 Å². The molecule has 1 N–H and O–H groups in total. The van der Waals surface area contributed by atoms with Crippen LogP contribution in [0.25, 0.3) is 28.2 Å². The number of para-hydroxylation sites is 1. The first kappa shape index (κ1) is 26.9. The Morgan fingerprint density at radius 2 is 1.79 bits per heavy atom. The summed E-state index contributed by atoms with van der Waals surface area (Å²) >= 11 is 6.24. The van der Waals surface area contributed by atoms with E-state index in [4.69, 9.17) is 16.0 Å². The van der Waals surface area contributed by atoms with Gasteiger partial charge >= 0.3 is 11.8 Å². The van der Waals surface area contributed by atoms with Crippen LogP contribution in [0.15, 0.2) is 76.0 Å². The summed E-state index contributed by atoms with van der Waals surface area (Å²) in [4.78, 5) is 37.5. The highest BCUT2D eigenvalue weighted by atomic mass is 35.5. The van der Waals surface area contributed by atoms with Gasteiger partial charge in [0.05, 0.1) is 23.2 Å². The van der Waals surface area contributed by atoms with Gasteiger partial charge in [-0.05, 0) is 60.9 Å². The molecule has 4 rings (SSSR count). The fourth-order valence-electron chi connectivity index (χ4n) is 4.07. The summed E-state index contributed by atoms with van der Waals surface area (Å²) in [7, 11) is 0. The average Bonchev–Trinajstić information content (AvgIpc) is 2.84. The maximum Gasteiger partial charge on any atom is 0.418 e. The van der Waals surface area contributed by atoms with E-state index in [1.54, 1.807) is 43.3 Å². The first-order valence-corrected chi connectivity index (χ1v) is 11.8. The van der Waals surface area contributed by atoms with Gasteiger partial charge in [0.25, 0.3) is 0 Å². The Morgan fingerprint density at radius 3 is 2.50 bits per heavy atom. The Kier molecular flexibility index (Phi) is 7.55. The number of halogens is 4. The van der Waals surface area contributed by atoms with Crippen molar-refractivity contribution in [3.05, 3.63) is 104 Å². The van der Waals surface area contributed by atoms with Crippen LogP contribution in [0.3, 0.4) is 0 Å². The molecular weight excluding hydrogens is 519 g/mol. The Hall–Kier alpha value is -4.17. The third-order valence-corrected chi connectivity index (χ3v) is 6.22. The van der Waals surface area contributed by atoms with Gasteiger partial charge in [-0.2, -0.15) is 13.2 Å².